The average Bonchev–Trinajstić information content (AvgIpc) is 2.39. The number of guanidine groups is 1. The van der Waals surface area contributed by atoms with Gasteiger partial charge in [-0.2, -0.15) is 0 Å². The second-order valence-electron chi connectivity index (χ2n) is 3.57. The van der Waals surface area contributed by atoms with Crippen molar-refractivity contribution in [3.8, 4) is 0 Å². The molecule has 7 nitrogen and oxygen atoms in total. The molecule has 0 radical (unpaired) electrons. The van der Waals surface area contributed by atoms with Gasteiger partial charge in [-0.05, 0) is 17.7 Å². The molecular weight excluding hydrogens is 316 g/mol. The molecule has 0 aromatic heterocycles. The molecule has 0 heterocycles. The van der Waals surface area contributed by atoms with Gasteiger partial charge in [-0.3, -0.25) is 15.1 Å². The van der Waals surface area contributed by atoms with Crippen LogP contribution in [-0.4, -0.2) is 36.6 Å². The monoisotopic (exact) mass is 332 g/mol. The zero-order chi connectivity index (χ0) is 13.5. The second-order valence-corrected chi connectivity index (χ2v) is 3.57. The molecule has 0 saturated carbocycles. The quantitative estimate of drug-likeness (QED) is 0.330. The predicted molar refractivity (Wildman–Crippen MR) is 78.8 cm³/mol. The minimum atomic E-state index is -0.754. The SMILES string of the molecule is Br.CN=C(NC)NCC(O)c1ccc([N+](=O)[O-])cc1. The van der Waals surface area contributed by atoms with Gasteiger partial charge in [0.1, 0.15) is 0 Å². The van der Waals surface area contributed by atoms with Crippen LogP contribution in [0.2, 0.25) is 0 Å². The Morgan fingerprint density at radius 2 is 2.05 bits per heavy atom. The highest BCUT2D eigenvalue weighted by Crippen LogP contribution is 2.17. The van der Waals surface area contributed by atoms with Crippen molar-refractivity contribution in [3.63, 3.8) is 0 Å². The maximum Gasteiger partial charge on any atom is 0.269 e. The smallest absolute Gasteiger partial charge is 0.269 e. The first-order valence-corrected chi connectivity index (χ1v) is 5.39. The lowest BCUT2D eigenvalue weighted by molar-refractivity contribution is -0.384. The van der Waals surface area contributed by atoms with E-state index in [-0.39, 0.29) is 29.2 Å². The lowest BCUT2D eigenvalue weighted by Gasteiger charge is -2.13. The highest BCUT2D eigenvalue weighted by molar-refractivity contribution is 8.93. The number of nitrogens with zero attached hydrogens (tertiary/aromatic N) is 2. The summed E-state index contributed by atoms with van der Waals surface area (Å²) in [5, 5.41) is 26.1. The highest BCUT2D eigenvalue weighted by Gasteiger charge is 2.10. The Morgan fingerprint density at radius 1 is 1.47 bits per heavy atom. The van der Waals surface area contributed by atoms with Crippen molar-refractivity contribution in [1.29, 1.82) is 0 Å². The van der Waals surface area contributed by atoms with E-state index in [1.54, 1.807) is 14.1 Å². The van der Waals surface area contributed by atoms with Crippen LogP contribution >= 0.6 is 17.0 Å². The maximum atomic E-state index is 10.5. The summed E-state index contributed by atoms with van der Waals surface area (Å²) in [5.41, 5.74) is 0.615. The van der Waals surface area contributed by atoms with E-state index in [4.69, 9.17) is 0 Å². The number of hydrogen-bond donors (Lipinski definition) is 3. The van der Waals surface area contributed by atoms with Crippen molar-refractivity contribution in [3.05, 3.63) is 39.9 Å². The fourth-order valence-corrected chi connectivity index (χ4v) is 1.41. The number of aliphatic hydroxyl groups is 1. The van der Waals surface area contributed by atoms with E-state index >= 15 is 0 Å². The van der Waals surface area contributed by atoms with E-state index in [1.165, 1.54) is 24.3 Å². The number of aliphatic imine (C=N–C) groups is 1. The van der Waals surface area contributed by atoms with Crippen LogP contribution in [0.1, 0.15) is 11.7 Å². The third kappa shape index (κ3) is 5.23. The summed E-state index contributed by atoms with van der Waals surface area (Å²) in [6.07, 6.45) is -0.754. The van der Waals surface area contributed by atoms with Crippen molar-refractivity contribution in [2.45, 2.75) is 6.10 Å². The molecule has 1 aromatic carbocycles. The van der Waals surface area contributed by atoms with Crippen LogP contribution in [0.25, 0.3) is 0 Å². The molecule has 1 rings (SSSR count). The van der Waals surface area contributed by atoms with E-state index in [1.807, 2.05) is 0 Å². The van der Waals surface area contributed by atoms with Crippen molar-refractivity contribution < 1.29 is 10.0 Å². The minimum absolute atomic E-state index is 0. The molecule has 0 aliphatic rings. The van der Waals surface area contributed by atoms with Crippen molar-refractivity contribution in [1.82, 2.24) is 10.6 Å². The summed E-state index contributed by atoms with van der Waals surface area (Å²) < 4.78 is 0. The number of rotatable bonds is 4. The minimum Gasteiger partial charge on any atom is -0.387 e. The molecule has 0 saturated heterocycles. The fraction of sp³-hybridized carbons (Fsp3) is 0.364. The first-order chi connectivity index (χ1) is 8.58. The molecule has 1 aromatic rings. The highest BCUT2D eigenvalue weighted by atomic mass is 79.9. The second kappa shape index (κ2) is 8.44. The van der Waals surface area contributed by atoms with Crippen LogP contribution in [0.5, 0.6) is 0 Å². The van der Waals surface area contributed by atoms with Gasteiger partial charge in [0, 0.05) is 32.8 Å². The number of hydrogen-bond acceptors (Lipinski definition) is 4. The maximum absolute atomic E-state index is 10.5. The molecule has 8 heteroatoms. The topological polar surface area (TPSA) is 99.8 Å². The summed E-state index contributed by atoms with van der Waals surface area (Å²) in [6, 6.07) is 5.80. The van der Waals surface area contributed by atoms with E-state index < -0.39 is 11.0 Å². The average molecular weight is 333 g/mol. The molecule has 0 fully saturated rings. The molecule has 106 valence electrons. The summed E-state index contributed by atoms with van der Waals surface area (Å²) in [6.45, 7) is 0.269. The molecule has 0 spiro atoms. The summed E-state index contributed by atoms with van der Waals surface area (Å²) in [5.74, 6) is 0.566. The molecule has 0 amide bonds. The van der Waals surface area contributed by atoms with Crippen LogP contribution in [0, 0.1) is 10.1 Å². The molecule has 1 unspecified atom stereocenters. The number of aliphatic hydroxyl groups excluding tert-OH is 1. The Kier molecular flexibility index (Phi) is 7.69. The van der Waals surface area contributed by atoms with Gasteiger partial charge in [0.25, 0.3) is 5.69 Å². The summed E-state index contributed by atoms with van der Waals surface area (Å²) in [7, 11) is 3.34. The number of nitrogens with one attached hydrogen (secondary N) is 2. The van der Waals surface area contributed by atoms with E-state index in [0.717, 1.165) is 0 Å². The zero-order valence-electron chi connectivity index (χ0n) is 10.7. The standard InChI is InChI=1S/C11H16N4O3.BrH/c1-12-11(13-2)14-7-10(16)8-3-5-9(6-4-8)15(17)18;/h3-6,10,16H,7H2,1-2H3,(H2,12,13,14);1H. The molecule has 0 aliphatic carbocycles. The third-order valence-electron chi connectivity index (χ3n) is 2.41. The first kappa shape index (κ1) is 17.3. The number of nitro groups is 1. The molecule has 3 N–H and O–H groups in total. The number of nitro benzene ring substituents is 1. The molecular formula is C11H17BrN4O3. The zero-order valence-corrected chi connectivity index (χ0v) is 12.4. The largest absolute Gasteiger partial charge is 0.387 e. The molecule has 19 heavy (non-hydrogen) atoms. The van der Waals surface area contributed by atoms with Crippen LogP contribution in [-0.2, 0) is 0 Å². The van der Waals surface area contributed by atoms with E-state index in [0.29, 0.717) is 11.5 Å². The lowest BCUT2D eigenvalue weighted by Crippen LogP contribution is -2.37. The van der Waals surface area contributed by atoms with Gasteiger partial charge in [0.2, 0.25) is 0 Å². The van der Waals surface area contributed by atoms with E-state index in [2.05, 4.69) is 15.6 Å². The predicted octanol–water partition coefficient (Wildman–Crippen LogP) is 1.00. The van der Waals surface area contributed by atoms with Gasteiger partial charge in [-0.25, -0.2) is 0 Å². The number of benzene rings is 1. The number of non-ortho nitro benzene ring substituents is 1. The Labute approximate surface area is 121 Å². The fourth-order valence-electron chi connectivity index (χ4n) is 1.41. The third-order valence-corrected chi connectivity index (χ3v) is 2.41. The van der Waals surface area contributed by atoms with Crippen molar-refractivity contribution in [2.24, 2.45) is 4.99 Å². The summed E-state index contributed by atoms with van der Waals surface area (Å²) in [4.78, 5) is 13.9. The van der Waals surface area contributed by atoms with Gasteiger partial charge < -0.3 is 15.7 Å². The van der Waals surface area contributed by atoms with Gasteiger partial charge >= 0.3 is 0 Å². The van der Waals surface area contributed by atoms with Gasteiger partial charge in [0.15, 0.2) is 5.96 Å². The van der Waals surface area contributed by atoms with Crippen molar-refractivity contribution >= 4 is 28.6 Å². The lowest BCUT2D eigenvalue weighted by atomic mass is 10.1. The van der Waals surface area contributed by atoms with Crippen LogP contribution in [0.3, 0.4) is 0 Å². The molecule has 0 aliphatic heterocycles. The van der Waals surface area contributed by atoms with Crippen LogP contribution < -0.4 is 10.6 Å². The Hall–Kier alpha value is -1.67. The van der Waals surface area contributed by atoms with Crippen molar-refractivity contribution in [2.75, 3.05) is 20.6 Å². The Balaban J connectivity index is 0.00000324. The summed E-state index contributed by atoms with van der Waals surface area (Å²) >= 11 is 0. The normalized spacial score (nSPS) is 12.3. The van der Waals surface area contributed by atoms with Crippen LogP contribution in [0.4, 0.5) is 5.69 Å². The van der Waals surface area contributed by atoms with Crippen LogP contribution in [0.15, 0.2) is 29.3 Å². The van der Waals surface area contributed by atoms with Gasteiger partial charge in [-0.15, -0.1) is 17.0 Å². The molecule has 1 atom stereocenters. The van der Waals surface area contributed by atoms with Gasteiger partial charge in [0.05, 0.1) is 11.0 Å². The Morgan fingerprint density at radius 3 is 2.47 bits per heavy atom. The first-order valence-electron chi connectivity index (χ1n) is 5.39. The van der Waals surface area contributed by atoms with Gasteiger partial charge in [-0.1, -0.05) is 0 Å². The Bertz CT molecular complexity index is 436. The van der Waals surface area contributed by atoms with E-state index in [9.17, 15) is 15.2 Å². The molecule has 0 bridgehead atoms. The number of halogens is 1.